The van der Waals surface area contributed by atoms with Gasteiger partial charge in [-0.2, -0.15) is 0 Å². The Kier molecular flexibility index (Phi) is 6.63. The molecule has 0 spiro atoms. The topological polar surface area (TPSA) is 112 Å². The summed E-state index contributed by atoms with van der Waals surface area (Å²) in [5, 5.41) is 22.7. The van der Waals surface area contributed by atoms with E-state index in [0.29, 0.717) is 17.4 Å². The van der Waals surface area contributed by atoms with Crippen molar-refractivity contribution in [1.29, 1.82) is 0 Å². The Labute approximate surface area is 167 Å². The molecule has 3 rings (SSSR count). The fraction of sp³-hybridized carbons (Fsp3) is 0.500. The smallest absolute Gasteiger partial charge is 0.269 e. The fourth-order valence-electron chi connectivity index (χ4n) is 2.99. The van der Waals surface area contributed by atoms with E-state index in [-0.39, 0.29) is 29.4 Å². The van der Waals surface area contributed by atoms with Gasteiger partial charge in [-0.05, 0) is 25.0 Å². The first-order valence-electron chi connectivity index (χ1n) is 9.16. The first-order valence-corrected chi connectivity index (χ1v) is 10.1. The zero-order chi connectivity index (χ0) is 20.1. The fourth-order valence-corrected chi connectivity index (χ4v) is 3.75. The van der Waals surface area contributed by atoms with Crippen LogP contribution in [0, 0.1) is 10.1 Å². The average Bonchev–Trinajstić information content (AvgIpc) is 3.31. The number of rotatable bonds is 8. The largest absolute Gasteiger partial charge is 0.376 e. The molecule has 1 atom stereocenters. The van der Waals surface area contributed by atoms with Gasteiger partial charge in [-0.1, -0.05) is 25.6 Å². The minimum absolute atomic E-state index is 0.0178. The lowest BCUT2D eigenvalue weighted by Crippen LogP contribution is -2.19. The molecule has 0 saturated carbocycles. The molecule has 2 aromatic rings. The Morgan fingerprint density at radius 1 is 1.39 bits per heavy atom. The average molecular weight is 405 g/mol. The number of nitro groups is 1. The number of nitrogens with zero attached hydrogens (tertiary/aromatic N) is 4. The summed E-state index contributed by atoms with van der Waals surface area (Å²) in [4.78, 5) is 22.5. The van der Waals surface area contributed by atoms with Crippen LogP contribution >= 0.6 is 11.8 Å². The Hall–Kier alpha value is -2.46. The predicted molar refractivity (Wildman–Crippen MR) is 106 cm³/mol. The molecule has 28 heavy (non-hydrogen) atoms. The third-order valence-electron chi connectivity index (χ3n) is 4.37. The highest BCUT2D eigenvalue weighted by molar-refractivity contribution is 7.99. The number of thioether (sulfide) groups is 1. The number of nitrogens with one attached hydrogen (secondary N) is 1. The van der Waals surface area contributed by atoms with Gasteiger partial charge in [0, 0.05) is 30.3 Å². The number of carbonyl (C=O) groups excluding carboxylic acids is 1. The van der Waals surface area contributed by atoms with Crippen LogP contribution in [0.5, 0.6) is 0 Å². The van der Waals surface area contributed by atoms with E-state index < -0.39 is 4.92 Å². The summed E-state index contributed by atoms with van der Waals surface area (Å²) in [5.41, 5.74) is 0.496. The molecular weight excluding hydrogens is 382 g/mol. The van der Waals surface area contributed by atoms with Crippen LogP contribution in [0.1, 0.15) is 38.4 Å². The zero-order valence-corrected chi connectivity index (χ0v) is 16.6. The molecule has 0 aliphatic carbocycles. The van der Waals surface area contributed by atoms with Gasteiger partial charge in [0.2, 0.25) is 5.91 Å². The molecular formula is C18H23N5O4S. The lowest BCUT2D eigenvalue weighted by molar-refractivity contribution is -0.384. The second kappa shape index (κ2) is 9.16. The maximum atomic E-state index is 12.3. The first kappa shape index (κ1) is 20.3. The SMILES string of the molecule is CC(C)c1nnc(SCC(=O)Nc2ccc([N+](=O)[O-])cc2)n1CC1CCCO1. The summed E-state index contributed by atoms with van der Waals surface area (Å²) in [6.45, 7) is 5.59. The van der Waals surface area contributed by atoms with Crippen LogP contribution in [0.15, 0.2) is 29.4 Å². The molecule has 1 aliphatic rings. The molecule has 1 amide bonds. The number of hydrogen-bond donors (Lipinski definition) is 1. The third kappa shape index (κ3) is 5.08. The number of ether oxygens (including phenoxy) is 1. The number of carbonyl (C=O) groups is 1. The van der Waals surface area contributed by atoms with Gasteiger partial charge in [0.05, 0.1) is 23.3 Å². The molecule has 9 nitrogen and oxygen atoms in total. The van der Waals surface area contributed by atoms with Gasteiger partial charge >= 0.3 is 0 Å². The number of benzene rings is 1. The highest BCUT2D eigenvalue weighted by atomic mass is 32.2. The van der Waals surface area contributed by atoms with E-state index in [1.807, 2.05) is 4.57 Å². The number of non-ortho nitro benzene ring substituents is 1. The first-order chi connectivity index (χ1) is 13.4. The standard InChI is InChI=1S/C18H23N5O4S/c1-12(2)17-20-21-18(22(17)10-15-4-3-9-27-15)28-11-16(24)19-13-5-7-14(8-6-13)23(25)26/h5-8,12,15H,3-4,9-11H2,1-2H3,(H,19,24). The molecule has 0 radical (unpaired) electrons. The number of anilines is 1. The van der Waals surface area contributed by atoms with Crippen molar-refractivity contribution in [2.24, 2.45) is 0 Å². The number of nitro benzene ring substituents is 1. The molecule has 1 saturated heterocycles. The Morgan fingerprint density at radius 2 is 2.14 bits per heavy atom. The highest BCUT2D eigenvalue weighted by Gasteiger charge is 2.22. The molecule has 1 unspecified atom stereocenters. The summed E-state index contributed by atoms with van der Waals surface area (Å²) in [7, 11) is 0. The monoisotopic (exact) mass is 405 g/mol. The van der Waals surface area contributed by atoms with Crippen molar-refractivity contribution in [3.05, 3.63) is 40.2 Å². The third-order valence-corrected chi connectivity index (χ3v) is 5.33. The maximum absolute atomic E-state index is 12.3. The van der Waals surface area contributed by atoms with Gasteiger partial charge in [0.1, 0.15) is 5.82 Å². The number of hydrogen-bond acceptors (Lipinski definition) is 7. The van der Waals surface area contributed by atoms with Gasteiger partial charge in [-0.25, -0.2) is 0 Å². The molecule has 1 aromatic carbocycles. The summed E-state index contributed by atoms with van der Waals surface area (Å²) in [6.07, 6.45) is 2.23. The van der Waals surface area contributed by atoms with E-state index >= 15 is 0 Å². The van der Waals surface area contributed by atoms with Crippen LogP contribution in [0.25, 0.3) is 0 Å². The second-order valence-electron chi connectivity index (χ2n) is 6.88. The summed E-state index contributed by atoms with van der Waals surface area (Å²) < 4.78 is 7.78. The molecule has 2 heterocycles. The molecule has 1 N–H and O–H groups in total. The van der Waals surface area contributed by atoms with Crippen molar-refractivity contribution in [1.82, 2.24) is 14.8 Å². The lowest BCUT2D eigenvalue weighted by atomic mass is 10.2. The summed E-state index contributed by atoms with van der Waals surface area (Å²) >= 11 is 1.32. The molecule has 0 bridgehead atoms. The zero-order valence-electron chi connectivity index (χ0n) is 15.8. The van der Waals surface area contributed by atoms with E-state index in [1.165, 1.54) is 36.0 Å². The predicted octanol–water partition coefficient (Wildman–Crippen LogP) is 3.22. The van der Waals surface area contributed by atoms with E-state index in [1.54, 1.807) is 0 Å². The van der Waals surface area contributed by atoms with Gasteiger partial charge in [0.25, 0.3) is 5.69 Å². The van der Waals surface area contributed by atoms with Crippen LogP contribution in [0.2, 0.25) is 0 Å². The minimum Gasteiger partial charge on any atom is -0.376 e. The quantitative estimate of drug-likeness (QED) is 0.408. The van der Waals surface area contributed by atoms with Gasteiger partial charge in [0.15, 0.2) is 5.16 Å². The molecule has 150 valence electrons. The summed E-state index contributed by atoms with van der Waals surface area (Å²) in [6, 6.07) is 5.74. The minimum atomic E-state index is -0.478. The van der Waals surface area contributed by atoms with Crippen LogP contribution in [0.3, 0.4) is 0 Å². The lowest BCUT2D eigenvalue weighted by Gasteiger charge is -2.15. The molecule has 1 aromatic heterocycles. The van der Waals surface area contributed by atoms with Crippen LogP contribution < -0.4 is 5.32 Å². The van der Waals surface area contributed by atoms with Crippen LogP contribution in [-0.4, -0.2) is 44.1 Å². The van der Waals surface area contributed by atoms with E-state index in [2.05, 4.69) is 29.4 Å². The van der Waals surface area contributed by atoms with Crippen molar-refractivity contribution in [2.45, 2.75) is 50.4 Å². The van der Waals surface area contributed by atoms with E-state index in [9.17, 15) is 14.9 Å². The molecule has 10 heteroatoms. The van der Waals surface area contributed by atoms with Crippen LogP contribution in [0.4, 0.5) is 11.4 Å². The van der Waals surface area contributed by atoms with Gasteiger partial charge in [-0.3, -0.25) is 14.9 Å². The second-order valence-corrected chi connectivity index (χ2v) is 7.82. The number of aromatic nitrogens is 3. The van der Waals surface area contributed by atoms with E-state index in [0.717, 1.165) is 25.3 Å². The maximum Gasteiger partial charge on any atom is 0.269 e. The van der Waals surface area contributed by atoms with Crippen LogP contribution in [-0.2, 0) is 16.1 Å². The molecule has 1 aliphatic heterocycles. The Morgan fingerprint density at radius 3 is 2.75 bits per heavy atom. The van der Waals surface area contributed by atoms with Gasteiger partial charge in [-0.15, -0.1) is 10.2 Å². The molecule has 1 fully saturated rings. The van der Waals surface area contributed by atoms with Crippen molar-refractivity contribution < 1.29 is 14.5 Å². The summed E-state index contributed by atoms with van der Waals surface area (Å²) in [5.74, 6) is 1.06. The van der Waals surface area contributed by atoms with Crippen molar-refractivity contribution >= 4 is 29.0 Å². The Balaban J connectivity index is 1.61. The highest BCUT2D eigenvalue weighted by Crippen LogP contribution is 2.25. The Bertz CT molecular complexity index is 831. The van der Waals surface area contributed by atoms with Crippen molar-refractivity contribution in [3.8, 4) is 0 Å². The normalized spacial score (nSPS) is 16.5. The van der Waals surface area contributed by atoms with Gasteiger partial charge < -0.3 is 14.6 Å². The van der Waals surface area contributed by atoms with Crippen molar-refractivity contribution in [3.63, 3.8) is 0 Å². The number of amides is 1. The van der Waals surface area contributed by atoms with E-state index in [4.69, 9.17) is 4.74 Å². The van der Waals surface area contributed by atoms with Crippen molar-refractivity contribution in [2.75, 3.05) is 17.7 Å².